The molecule has 1 aliphatic heterocycles. The first-order chi connectivity index (χ1) is 14.3. The third-order valence-electron chi connectivity index (χ3n) is 5.18. The lowest BCUT2D eigenvalue weighted by Crippen LogP contribution is -2.38. The minimum absolute atomic E-state index is 0.0306. The zero-order valence-electron chi connectivity index (χ0n) is 16.3. The standard InChI is InChI=1S/C20H21ClN4O4S/c1-30(27,28)16-8-14(11-22-12-16)19(26)23-10-13-4-6-25(7-5-13)20-24-17-9-15(21)2-3-18(17)29-20/h2-3,8-9,11-13H,4-7,10H2,1H3,(H,23,26). The quantitative estimate of drug-likeness (QED) is 0.639. The molecule has 3 heterocycles. The summed E-state index contributed by atoms with van der Waals surface area (Å²) < 4.78 is 29.1. The van der Waals surface area contributed by atoms with Crippen molar-refractivity contribution >= 4 is 44.5 Å². The number of nitrogens with zero attached hydrogens (tertiary/aromatic N) is 3. The van der Waals surface area contributed by atoms with E-state index in [2.05, 4.69) is 20.2 Å². The first kappa shape index (κ1) is 20.6. The molecule has 10 heteroatoms. The molecule has 1 saturated heterocycles. The van der Waals surface area contributed by atoms with Gasteiger partial charge in [-0.2, -0.15) is 4.98 Å². The maximum atomic E-state index is 12.4. The maximum Gasteiger partial charge on any atom is 0.298 e. The molecule has 0 saturated carbocycles. The van der Waals surface area contributed by atoms with Gasteiger partial charge in [0, 0.05) is 43.3 Å². The largest absolute Gasteiger partial charge is 0.423 e. The molecule has 8 nitrogen and oxygen atoms in total. The molecule has 4 rings (SSSR count). The molecule has 158 valence electrons. The van der Waals surface area contributed by atoms with Gasteiger partial charge in [-0.25, -0.2) is 8.42 Å². The molecule has 0 spiro atoms. The smallest absolute Gasteiger partial charge is 0.298 e. The Hall–Kier alpha value is -2.65. The van der Waals surface area contributed by atoms with Crippen molar-refractivity contribution in [3.63, 3.8) is 0 Å². The van der Waals surface area contributed by atoms with E-state index in [0.29, 0.717) is 29.1 Å². The third kappa shape index (κ3) is 4.57. The molecule has 1 fully saturated rings. The number of hydrogen-bond donors (Lipinski definition) is 1. The van der Waals surface area contributed by atoms with Gasteiger partial charge in [0.1, 0.15) is 5.52 Å². The molecular formula is C20H21ClN4O4S. The third-order valence-corrected chi connectivity index (χ3v) is 6.49. The predicted octanol–water partition coefficient (Wildman–Crippen LogP) is 2.93. The Bertz CT molecular complexity index is 1190. The molecule has 0 aliphatic carbocycles. The SMILES string of the molecule is CS(=O)(=O)c1cncc(C(=O)NCC2CCN(c3nc4cc(Cl)ccc4o3)CC2)c1. The normalized spacial score (nSPS) is 15.5. The van der Waals surface area contributed by atoms with Crippen LogP contribution >= 0.6 is 11.6 Å². The van der Waals surface area contributed by atoms with E-state index in [1.807, 2.05) is 6.07 Å². The highest BCUT2D eigenvalue weighted by molar-refractivity contribution is 7.90. The number of anilines is 1. The van der Waals surface area contributed by atoms with Crippen molar-refractivity contribution in [1.82, 2.24) is 15.3 Å². The van der Waals surface area contributed by atoms with Gasteiger partial charge < -0.3 is 14.6 Å². The van der Waals surface area contributed by atoms with Gasteiger partial charge in [0.15, 0.2) is 15.4 Å². The molecule has 2 aromatic heterocycles. The second-order valence-corrected chi connectivity index (χ2v) is 9.88. The second-order valence-electron chi connectivity index (χ2n) is 7.43. The van der Waals surface area contributed by atoms with Crippen LogP contribution in [0.5, 0.6) is 0 Å². The van der Waals surface area contributed by atoms with E-state index < -0.39 is 9.84 Å². The highest BCUT2D eigenvalue weighted by Gasteiger charge is 2.23. The fourth-order valence-corrected chi connectivity index (χ4v) is 4.20. The lowest BCUT2D eigenvalue weighted by atomic mass is 9.97. The van der Waals surface area contributed by atoms with Gasteiger partial charge in [0.2, 0.25) is 0 Å². The minimum atomic E-state index is -3.41. The molecular weight excluding hydrogens is 428 g/mol. The summed E-state index contributed by atoms with van der Waals surface area (Å²) in [6.07, 6.45) is 5.45. The number of piperidine rings is 1. The molecule has 1 aromatic carbocycles. The summed E-state index contributed by atoms with van der Waals surface area (Å²) >= 11 is 6.00. The average molecular weight is 449 g/mol. The highest BCUT2D eigenvalue weighted by Crippen LogP contribution is 2.27. The number of hydrogen-bond acceptors (Lipinski definition) is 7. The van der Waals surface area contributed by atoms with Crippen molar-refractivity contribution < 1.29 is 17.6 Å². The van der Waals surface area contributed by atoms with Crippen molar-refractivity contribution in [3.05, 3.63) is 47.2 Å². The topological polar surface area (TPSA) is 105 Å². The zero-order chi connectivity index (χ0) is 21.3. The van der Waals surface area contributed by atoms with Gasteiger partial charge in [0.25, 0.3) is 11.9 Å². The van der Waals surface area contributed by atoms with Crippen LogP contribution in [0.25, 0.3) is 11.1 Å². The lowest BCUT2D eigenvalue weighted by molar-refractivity contribution is 0.0944. The summed E-state index contributed by atoms with van der Waals surface area (Å²) in [6, 6.07) is 7.29. The number of benzene rings is 1. The van der Waals surface area contributed by atoms with Crippen LogP contribution in [0.15, 0.2) is 46.0 Å². The first-order valence-electron chi connectivity index (χ1n) is 9.54. The average Bonchev–Trinajstić information content (AvgIpc) is 3.15. The number of halogens is 1. The van der Waals surface area contributed by atoms with Gasteiger partial charge in [-0.15, -0.1) is 0 Å². The Morgan fingerprint density at radius 3 is 2.77 bits per heavy atom. The van der Waals surface area contributed by atoms with Crippen molar-refractivity contribution in [2.75, 3.05) is 30.8 Å². The van der Waals surface area contributed by atoms with Gasteiger partial charge >= 0.3 is 0 Å². The summed E-state index contributed by atoms with van der Waals surface area (Å²) in [6.45, 7) is 2.05. The van der Waals surface area contributed by atoms with E-state index in [-0.39, 0.29) is 16.4 Å². The Labute approximate surface area is 179 Å². The Morgan fingerprint density at radius 1 is 1.27 bits per heavy atom. The summed E-state index contributed by atoms with van der Waals surface area (Å²) in [7, 11) is -3.41. The van der Waals surface area contributed by atoms with Crippen LogP contribution in [0.2, 0.25) is 5.02 Å². The fourth-order valence-electron chi connectivity index (χ4n) is 3.44. The van der Waals surface area contributed by atoms with Crippen LogP contribution in [0.3, 0.4) is 0 Å². The maximum absolute atomic E-state index is 12.4. The number of aromatic nitrogens is 2. The number of nitrogens with one attached hydrogen (secondary N) is 1. The van der Waals surface area contributed by atoms with Crippen molar-refractivity contribution in [2.45, 2.75) is 17.7 Å². The van der Waals surface area contributed by atoms with E-state index in [9.17, 15) is 13.2 Å². The van der Waals surface area contributed by atoms with Gasteiger partial charge in [0.05, 0.1) is 10.5 Å². The molecule has 1 N–H and O–H groups in total. The van der Waals surface area contributed by atoms with E-state index in [0.717, 1.165) is 37.7 Å². The van der Waals surface area contributed by atoms with Crippen LogP contribution < -0.4 is 10.2 Å². The summed E-state index contributed by atoms with van der Waals surface area (Å²) in [5.74, 6) is -0.0127. The number of carbonyl (C=O) groups excluding carboxylic acids is 1. The van der Waals surface area contributed by atoms with Crippen LogP contribution in [-0.2, 0) is 9.84 Å². The van der Waals surface area contributed by atoms with E-state index >= 15 is 0 Å². The van der Waals surface area contributed by atoms with Gasteiger partial charge in [-0.05, 0) is 43.0 Å². The number of sulfone groups is 1. The number of pyridine rings is 1. The summed E-state index contributed by atoms with van der Waals surface area (Å²) in [5.41, 5.74) is 1.67. The van der Waals surface area contributed by atoms with Crippen LogP contribution in [0.1, 0.15) is 23.2 Å². The molecule has 3 aromatic rings. The van der Waals surface area contributed by atoms with Crippen molar-refractivity contribution in [1.29, 1.82) is 0 Å². The van der Waals surface area contributed by atoms with E-state index in [1.54, 1.807) is 12.1 Å². The number of oxazole rings is 1. The van der Waals surface area contributed by atoms with Crippen LogP contribution in [0.4, 0.5) is 6.01 Å². The fraction of sp³-hybridized carbons (Fsp3) is 0.350. The van der Waals surface area contributed by atoms with Crippen LogP contribution in [0, 0.1) is 5.92 Å². The predicted molar refractivity (Wildman–Crippen MR) is 114 cm³/mol. The number of rotatable bonds is 5. The molecule has 0 atom stereocenters. The summed E-state index contributed by atoms with van der Waals surface area (Å²) in [4.78, 5) is 22.9. The van der Waals surface area contributed by atoms with Crippen molar-refractivity contribution in [3.8, 4) is 0 Å². The van der Waals surface area contributed by atoms with E-state index in [1.165, 1.54) is 18.5 Å². The number of carbonyl (C=O) groups is 1. The zero-order valence-corrected chi connectivity index (χ0v) is 17.9. The first-order valence-corrected chi connectivity index (χ1v) is 11.8. The summed E-state index contributed by atoms with van der Waals surface area (Å²) in [5, 5.41) is 3.50. The Kier molecular flexibility index (Phi) is 5.66. The minimum Gasteiger partial charge on any atom is -0.423 e. The molecule has 0 radical (unpaired) electrons. The number of fused-ring (bicyclic) bond motifs is 1. The Balaban J connectivity index is 1.32. The second kappa shape index (κ2) is 8.23. The monoisotopic (exact) mass is 448 g/mol. The molecule has 1 aliphatic rings. The lowest BCUT2D eigenvalue weighted by Gasteiger charge is -2.30. The number of amides is 1. The molecule has 0 bridgehead atoms. The van der Waals surface area contributed by atoms with E-state index in [4.69, 9.17) is 16.0 Å². The van der Waals surface area contributed by atoms with Gasteiger partial charge in [-0.3, -0.25) is 9.78 Å². The highest BCUT2D eigenvalue weighted by atomic mass is 35.5. The van der Waals surface area contributed by atoms with Gasteiger partial charge in [-0.1, -0.05) is 11.6 Å². The van der Waals surface area contributed by atoms with Crippen molar-refractivity contribution in [2.24, 2.45) is 5.92 Å². The molecule has 30 heavy (non-hydrogen) atoms. The molecule has 1 amide bonds. The Morgan fingerprint density at radius 2 is 2.03 bits per heavy atom. The van der Waals surface area contributed by atoms with Crippen LogP contribution in [-0.4, -0.2) is 50.2 Å². The molecule has 0 unspecified atom stereocenters.